The van der Waals surface area contributed by atoms with Crippen LogP contribution in [-0.4, -0.2) is 31.3 Å². The van der Waals surface area contributed by atoms with E-state index >= 15 is 0 Å². The average Bonchev–Trinajstić information content (AvgIpc) is 2.91. The zero-order chi connectivity index (χ0) is 17.1. The van der Waals surface area contributed by atoms with Crippen molar-refractivity contribution >= 4 is 11.7 Å². The third-order valence-electron chi connectivity index (χ3n) is 4.72. The van der Waals surface area contributed by atoms with E-state index in [1.807, 2.05) is 13.8 Å². The van der Waals surface area contributed by atoms with E-state index in [9.17, 15) is 4.79 Å². The van der Waals surface area contributed by atoms with Crippen molar-refractivity contribution in [1.29, 1.82) is 0 Å². The third kappa shape index (κ3) is 3.37. The number of para-hydroxylation sites is 1. The third-order valence-corrected chi connectivity index (χ3v) is 4.72. The number of hydrogen-bond donors (Lipinski definition) is 2. The highest BCUT2D eigenvalue weighted by molar-refractivity contribution is 5.74. The summed E-state index contributed by atoms with van der Waals surface area (Å²) >= 11 is 0. The molecule has 2 aromatic rings. The number of benzene rings is 1. The molecule has 2 amide bonds. The second-order valence-electron chi connectivity index (χ2n) is 6.33. The smallest absolute Gasteiger partial charge is 0.315 e. The Bertz CT molecular complexity index is 706. The van der Waals surface area contributed by atoms with Crippen molar-refractivity contribution in [2.24, 2.45) is 0 Å². The fraction of sp³-hybridized carbons (Fsp3) is 0.444. The van der Waals surface area contributed by atoms with Crippen molar-refractivity contribution < 1.29 is 9.32 Å². The van der Waals surface area contributed by atoms with E-state index in [4.69, 9.17) is 4.52 Å². The number of rotatable bonds is 4. The first-order chi connectivity index (χ1) is 11.6. The van der Waals surface area contributed by atoms with Crippen LogP contribution in [0.25, 0.3) is 0 Å². The lowest BCUT2D eigenvalue weighted by Crippen LogP contribution is -2.39. The molecule has 1 aliphatic heterocycles. The van der Waals surface area contributed by atoms with Gasteiger partial charge in [-0.15, -0.1) is 0 Å². The Balaban J connectivity index is 1.55. The average molecular weight is 328 g/mol. The predicted molar refractivity (Wildman–Crippen MR) is 93.3 cm³/mol. The van der Waals surface area contributed by atoms with Crippen LogP contribution >= 0.6 is 0 Å². The molecular weight excluding hydrogens is 304 g/mol. The second kappa shape index (κ2) is 6.95. The quantitative estimate of drug-likeness (QED) is 0.905. The number of nitrogens with zero attached hydrogens (tertiary/aromatic N) is 2. The molecule has 0 unspecified atom stereocenters. The van der Waals surface area contributed by atoms with Crippen molar-refractivity contribution in [2.45, 2.75) is 32.7 Å². The number of carbonyl (C=O) groups is 1. The highest BCUT2D eigenvalue weighted by Gasteiger charge is 2.23. The van der Waals surface area contributed by atoms with Gasteiger partial charge in [0.05, 0.1) is 5.69 Å². The molecule has 1 aliphatic rings. The molecule has 6 nitrogen and oxygen atoms in total. The Morgan fingerprint density at radius 1 is 1.33 bits per heavy atom. The first kappa shape index (κ1) is 16.4. The van der Waals surface area contributed by atoms with Gasteiger partial charge in [0.25, 0.3) is 0 Å². The van der Waals surface area contributed by atoms with Crippen molar-refractivity contribution in [2.75, 3.05) is 25.0 Å². The molecule has 24 heavy (non-hydrogen) atoms. The van der Waals surface area contributed by atoms with Crippen LogP contribution in [0.5, 0.6) is 0 Å². The monoisotopic (exact) mass is 328 g/mol. The second-order valence-corrected chi connectivity index (χ2v) is 6.33. The van der Waals surface area contributed by atoms with Gasteiger partial charge in [-0.25, -0.2) is 4.79 Å². The lowest BCUT2D eigenvalue weighted by Gasteiger charge is -2.33. The molecule has 2 heterocycles. The van der Waals surface area contributed by atoms with Crippen molar-refractivity contribution in [3.8, 4) is 0 Å². The molecule has 0 fully saturated rings. The van der Waals surface area contributed by atoms with E-state index < -0.39 is 0 Å². The lowest BCUT2D eigenvalue weighted by molar-refractivity contribution is 0.239. The number of amides is 2. The Morgan fingerprint density at radius 2 is 2.12 bits per heavy atom. The summed E-state index contributed by atoms with van der Waals surface area (Å²) in [5, 5.41) is 9.76. The van der Waals surface area contributed by atoms with Gasteiger partial charge in [0.1, 0.15) is 5.76 Å². The molecule has 0 saturated heterocycles. The predicted octanol–water partition coefficient (Wildman–Crippen LogP) is 2.71. The summed E-state index contributed by atoms with van der Waals surface area (Å²) in [6.07, 6.45) is 1.04. The van der Waals surface area contributed by atoms with E-state index in [1.54, 1.807) is 0 Å². The van der Waals surface area contributed by atoms with Crippen LogP contribution in [0.3, 0.4) is 0 Å². The fourth-order valence-corrected chi connectivity index (χ4v) is 3.22. The molecular formula is C18H24N4O2. The van der Waals surface area contributed by atoms with Crippen LogP contribution in [0.15, 0.2) is 28.8 Å². The molecule has 1 aromatic heterocycles. The SMILES string of the molecule is Cc1noc(C)c1CNC(=O)NC[C@@H]1CCN(C)c2ccccc21. The number of hydrogen-bond acceptors (Lipinski definition) is 4. The van der Waals surface area contributed by atoms with E-state index in [-0.39, 0.29) is 6.03 Å². The van der Waals surface area contributed by atoms with Gasteiger partial charge in [0.2, 0.25) is 0 Å². The number of nitrogens with one attached hydrogen (secondary N) is 2. The van der Waals surface area contributed by atoms with Crippen LogP contribution in [0, 0.1) is 13.8 Å². The topological polar surface area (TPSA) is 70.4 Å². The Hall–Kier alpha value is -2.50. The van der Waals surface area contributed by atoms with E-state index in [0.29, 0.717) is 19.0 Å². The molecule has 1 aromatic carbocycles. The van der Waals surface area contributed by atoms with Crippen LogP contribution in [0.1, 0.15) is 34.9 Å². The highest BCUT2D eigenvalue weighted by atomic mass is 16.5. The van der Waals surface area contributed by atoms with Gasteiger partial charge in [0, 0.05) is 43.9 Å². The maximum Gasteiger partial charge on any atom is 0.315 e. The number of urea groups is 1. The minimum atomic E-state index is -0.161. The van der Waals surface area contributed by atoms with Gasteiger partial charge in [0.15, 0.2) is 0 Å². The summed E-state index contributed by atoms with van der Waals surface area (Å²) in [7, 11) is 2.11. The van der Waals surface area contributed by atoms with Crippen molar-refractivity contribution in [1.82, 2.24) is 15.8 Å². The zero-order valence-electron chi connectivity index (χ0n) is 14.4. The zero-order valence-corrected chi connectivity index (χ0v) is 14.4. The van der Waals surface area contributed by atoms with Gasteiger partial charge >= 0.3 is 6.03 Å². The van der Waals surface area contributed by atoms with Gasteiger partial charge in [-0.3, -0.25) is 0 Å². The molecule has 3 rings (SSSR count). The molecule has 6 heteroatoms. The van der Waals surface area contributed by atoms with Crippen molar-refractivity contribution in [3.63, 3.8) is 0 Å². The van der Waals surface area contributed by atoms with Gasteiger partial charge in [-0.05, 0) is 31.9 Å². The van der Waals surface area contributed by atoms with Gasteiger partial charge < -0.3 is 20.1 Å². The van der Waals surface area contributed by atoms with E-state index in [0.717, 1.165) is 30.0 Å². The minimum absolute atomic E-state index is 0.161. The Labute approximate surface area is 142 Å². The molecule has 128 valence electrons. The largest absolute Gasteiger partial charge is 0.374 e. The highest BCUT2D eigenvalue weighted by Crippen LogP contribution is 2.33. The van der Waals surface area contributed by atoms with Crippen LogP contribution in [0.2, 0.25) is 0 Å². The molecule has 0 bridgehead atoms. The molecule has 1 atom stereocenters. The van der Waals surface area contributed by atoms with Crippen LogP contribution in [0.4, 0.5) is 10.5 Å². The van der Waals surface area contributed by atoms with Gasteiger partial charge in [-0.2, -0.15) is 0 Å². The number of aromatic nitrogens is 1. The number of anilines is 1. The minimum Gasteiger partial charge on any atom is -0.374 e. The molecule has 0 aliphatic carbocycles. The fourth-order valence-electron chi connectivity index (χ4n) is 3.22. The Kier molecular flexibility index (Phi) is 4.74. The summed E-state index contributed by atoms with van der Waals surface area (Å²) in [6.45, 7) is 5.80. The van der Waals surface area contributed by atoms with Crippen LogP contribution < -0.4 is 15.5 Å². The molecule has 0 radical (unpaired) electrons. The molecule has 2 N–H and O–H groups in total. The normalized spacial score (nSPS) is 16.6. The van der Waals surface area contributed by atoms with Gasteiger partial charge in [-0.1, -0.05) is 23.4 Å². The summed E-state index contributed by atoms with van der Waals surface area (Å²) < 4.78 is 5.11. The summed E-state index contributed by atoms with van der Waals surface area (Å²) in [4.78, 5) is 14.4. The first-order valence-corrected chi connectivity index (χ1v) is 8.29. The lowest BCUT2D eigenvalue weighted by atomic mass is 9.90. The van der Waals surface area contributed by atoms with Crippen LogP contribution in [-0.2, 0) is 6.54 Å². The molecule has 0 saturated carbocycles. The summed E-state index contributed by atoms with van der Waals surface area (Å²) in [5.41, 5.74) is 4.32. The van der Waals surface area contributed by atoms with E-state index in [2.05, 4.69) is 52.0 Å². The number of fused-ring (bicyclic) bond motifs is 1. The number of aryl methyl sites for hydroxylation is 2. The van der Waals surface area contributed by atoms with E-state index in [1.165, 1.54) is 11.3 Å². The van der Waals surface area contributed by atoms with Crippen molar-refractivity contribution in [3.05, 3.63) is 46.8 Å². The number of carbonyl (C=O) groups excluding carboxylic acids is 1. The molecule has 0 spiro atoms. The summed E-state index contributed by atoms with van der Waals surface area (Å²) in [5.74, 6) is 1.10. The first-order valence-electron chi connectivity index (χ1n) is 8.29. The maximum absolute atomic E-state index is 12.1. The Morgan fingerprint density at radius 3 is 2.88 bits per heavy atom. The maximum atomic E-state index is 12.1. The standard InChI is InChI=1S/C18H24N4O2/c1-12-16(13(2)24-21-12)11-20-18(23)19-10-14-8-9-22(3)17-7-5-4-6-15(14)17/h4-7,14H,8-11H2,1-3H3,(H2,19,20,23)/t14-/m0/s1. The summed E-state index contributed by atoms with van der Waals surface area (Å²) in [6, 6.07) is 8.24.